The normalized spacial score (nSPS) is 12.1. The number of nitrogens with one attached hydrogen (secondary N) is 1. The van der Waals surface area contributed by atoms with E-state index >= 15 is 0 Å². The number of ether oxygens (including phenoxy) is 1. The summed E-state index contributed by atoms with van der Waals surface area (Å²) in [7, 11) is -1.97. The summed E-state index contributed by atoms with van der Waals surface area (Å²) in [5, 5.41) is 2.77. The Bertz CT molecular complexity index is 1130. The quantitative estimate of drug-likeness (QED) is 0.479. The molecule has 1 N–H and O–H groups in total. The second-order valence-electron chi connectivity index (χ2n) is 8.60. The van der Waals surface area contributed by atoms with E-state index in [1.54, 1.807) is 20.1 Å². The van der Waals surface area contributed by atoms with E-state index in [2.05, 4.69) is 5.32 Å². The Morgan fingerprint density at radius 3 is 2.43 bits per heavy atom. The molecule has 0 aliphatic carbocycles. The van der Waals surface area contributed by atoms with Gasteiger partial charge in [-0.1, -0.05) is 24.3 Å². The fourth-order valence-corrected chi connectivity index (χ4v) is 4.88. The van der Waals surface area contributed by atoms with Crippen LogP contribution in [0.15, 0.2) is 42.5 Å². The molecule has 0 radical (unpaired) electrons. The highest BCUT2D eigenvalue weighted by Gasteiger charge is 2.26. The van der Waals surface area contributed by atoms with Crippen molar-refractivity contribution in [2.45, 2.75) is 53.1 Å². The van der Waals surface area contributed by atoms with Crippen molar-refractivity contribution < 1.29 is 22.7 Å². The number of rotatable bonds is 12. The highest BCUT2D eigenvalue weighted by atomic mass is 32.2. The fraction of sp³-hybridized carbons (Fsp3) is 0.462. The molecule has 2 rings (SSSR count). The average molecular weight is 504 g/mol. The molecule has 1 unspecified atom stereocenters. The molecule has 9 heteroatoms. The Balaban J connectivity index is 2.21. The van der Waals surface area contributed by atoms with Crippen molar-refractivity contribution in [1.82, 2.24) is 10.2 Å². The Morgan fingerprint density at radius 1 is 1.11 bits per heavy atom. The largest absolute Gasteiger partial charge is 0.497 e. The molecule has 2 amide bonds. The minimum atomic E-state index is -3.54. The highest BCUT2D eigenvalue weighted by molar-refractivity contribution is 7.92. The molecule has 35 heavy (non-hydrogen) atoms. The molecule has 192 valence electrons. The van der Waals surface area contributed by atoms with Gasteiger partial charge in [-0.15, -0.1) is 0 Å². The number of nitrogens with zero attached hydrogens (tertiary/aromatic N) is 2. The van der Waals surface area contributed by atoms with E-state index in [0.717, 1.165) is 16.7 Å². The van der Waals surface area contributed by atoms with Gasteiger partial charge in [-0.25, -0.2) is 8.42 Å². The number of benzene rings is 2. The number of anilines is 1. The number of hydrogen-bond acceptors (Lipinski definition) is 5. The van der Waals surface area contributed by atoms with Crippen LogP contribution in [0.4, 0.5) is 5.69 Å². The van der Waals surface area contributed by atoms with Gasteiger partial charge in [-0.3, -0.25) is 13.9 Å². The van der Waals surface area contributed by atoms with Crippen molar-refractivity contribution in [3.05, 3.63) is 59.2 Å². The lowest BCUT2D eigenvalue weighted by atomic mass is 10.1. The molecular formula is C26H37N3O5S. The van der Waals surface area contributed by atoms with Crippen molar-refractivity contribution in [3.8, 4) is 5.75 Å². The zero-order valence-corrected chi connectivity index (χ0v) is 22.3. The number of sulfonamides is 1. The maximum absolute atomic E-state index is 13.3. The van der Waals surface area contributed by atoms with Crippen LogP contribution in [-0.2, 0) is 26.2 Å². The number of carbonyl (C=O) groups is 2. The monoisotopic (exact) mass is 503 g/mol. The van der Waals surface area contributed by atoms with Gasteiger partial charge in [0.05, 0.1) is 19.1 Å². The van der Waals surface area contributed by atoms with Crippen LogP contribution in [0.5, 0.6) is 5.75 Å². The zero-order valence-electron chi connectivity index (χ0n) is 21.5. The highest BCUT2D eigenvalue weighted by Crippen LogP contribution is 2.25. The van der Waals surface area contributed by atoms with E-state index in [4.69, 9.17) is 4.74 Å². The summed E-state index contributed by atoms with van der Waals surface area (Å²) in [5.41, 5.74) is 3.33. The van der Waals surface area contributed by atoms with Crippen molar-refractivity contribution in [3.63, 3.8) is 0 Å². The zero-order chi connectivity index (χ0) is 26.2. The predicted octanol–water partition coefficient (Wildman–Crippen LogP) is 3.41. The summed E-state index contributed by atoms with van der Waals surface area (Å²) < 4.78 is 31.7. The van der Waals surface area contributed by atoms with E-state index in [0.29, 0.717) is 24.4 Å². The molecule has 0 aromatic heterocycles. The first-order chi connectivity index (χ1) is 16.5. The molecule has 0 spiro atoms. The minimum absolute atomic E-state index is 0.102. The third kappa shape index (κ3) is 7.71. The molecule has 2 aromatic rings. The smallest absolute Gasteiger partial charge is 0.242 e. The maximum atomic E-state index is 13.3. The van der Waals surface area contributed by atoms with E-state index in [-0.39, 0.29) is 31.3 Å². The first-order valence-electron chi connectivity index (χ1n) is 11.7. The summed E-state index contributed by atoms with van der Waals surface area (Å²) in [6.07, 6.45) is 1.59. The van der Waals surface area contributed by atoms with Gasteiger partial charge in [0, 0.05) is 26.1 Å². The van der Waals surface area contributed by atoms with Crippen LogP contribution in [0.1, 0.15) is 43.4 Å². The number of hydrogen-bond donors (Lipinski definition) is 1. The molecule has 0 fully saturated rings. The van der Waals surface area contributed by atoms with Crippen LogP contribution in [0.2, 0.25) is 0 Å². The lowest BCUT2D eigenvalue weighted by molar-refractivity contribution is -0.140. The van der Waals surface area contributed by atoms with Crippen molar-refractivity contribution in [1.29, 1.82) is 0 Å². The molecule has 0 heterocycles. The van der Waals surface area contributed by atoms with Gasteiger partial charge in [0.15, 0.2) is 0 Å². The van der Waals surface area contributed by atoms with Crippen LogP contribution in [0.3, 0.4) is 0 Å². The summed E-state index contributed by atoms with van der Waals surface area (Å²) in [4.78, 5) is 27.4. The first-order valence-corrected chi connectivity index (χ1v) is 13.6. The molecular weight excluding hydrogens is 466 g/mol. The Kier molecular flexibility index (Phi) is 10.1. The van der Waals surface area contributed by atoms with E-state index in [1.807, 2.05) is 57.2 Å². The topological polar surface area (TPSA) is 96.0 Å². The van der Waals surface area contributed by atoms with Crippen molar-refractivity contribution in [2.75, 3.05) is 30.8 Å². The molecule has 0 saturated heterocycles. The molecule has 1 atom stereocenters. The lowest BCUT2D eigenvalue weighted by Crippen LogP contribution is -2.47. The number of aryl methyl sites for hydroxylation is 1. The fourth-order valence-electron chi connectivity index (χ4n) is 3.86. The van der Waals surface area contributed by atoms with Crippen molar-refractivity contribution in [2.24, 2.45) is 0 Å². The van der Waals surface area contributed by atoms with E-state index in [1.165, 1.54) is 15.5 Å². The Labute approximate surface area is 209 Å². The van der Waals surface area contributed by atoms with Gasteiger partial charge >= 0.3 is 0 Å². The van der Waals surface area contributed by atoms with Crippen LogP contribution >= 0.6 is 0 Å². The molecule has 0 aliphatic rings. The number of likely N-dealkylation sites (N-methyl/N-ethyl adjacent to an activating group) is 1. The average Bonchev–Trinajstić information content (AvgIpc) is 2.81. The van der Waals surface area contributed by atoms with E-state index < -0.39 is 16.1 Å². The summed E-state index contributed by atoms with van der Waals surface area (Å²) in [6.45, 7) is 8.20. The standard InChI is InChI=1S/C26H37N3O5S/c1-7-27-26(31)21(4)28(18-22-12-9-13-23(17-22)34-5)25(30)15-10-16-29(35(6,32)33)24-14-8-11-19(2)20(24)3/h8-9,11-14,17,21H,7,10,15-16,18H2,1-6H3,(H,27,31). The number of carbonyl (C=O) groups excluding carboxylic acids is 2. The van der Waals surface area contributed by atoms with Crippen LogP contribution < -0.4 is 14.4 Å². The van der Waals surface area contributed by atoms with Gasteiger partial charge in [0.1, 0.15) is 11.8 Å². The van der Waals surface area contributed by atoms with Gasteiger partial charge in [0.25, 0.3) is 0 Å². The molecule has 8 nitrogen and oxygen atoms in total. The third-order valence-corrected chi connectivity index (χ3v) is 7.18. The lowest BCUT2D eigenvalue weighted by Gasteiger charge is -2.29. The summed E-state index contributed by atoms with van der Waals surface area (Å²) >= 11 is 0. The first kappa shape index (κ1) is 28.2. The van der Waals surface area contributed by atoms with Gasteiger partial charge in [-0.2, -0.15) is 0 Å². The van der Waals surface area contributed by atoms with Crippen LogP contribution in [0, 0.1) is 13.8 Å². The second-order valence-corrected chi connectivity index (χ2v) is 10.5. The van der Waals surface area contributed by atoms with Gasteiger partial charge in [0.2, 0.25) is 21.8 Å². The van der Waals surface area contributed by atoms with Crippen LogP contribution in [-0.4, -0.2) is 57.6 Å². The minimum Gasteiger partial charge on any atom is -0.497 e. The Hall–Kier alpha value is -3.07. The predicted molar refractivity (Wildman–Crippen MR) is 139 cm³/mol. The number of methoxy groups -OCH3 is 1. The maximum Gasteiger partial charge on any atom is 0.242 e. The third-order valence-electron chi connectivity index (χ3n) is 6.00. The summed E-state index contributed by atoms with van der Waals surface area (Å²) in [6, 6.07) is 12.2. The van der Waals surface area contributed by atoms with Crippen molar-refractivity contribution >= 4 is 27.5 Å². The van der Waals surface area contributed by atoms with E-state index in [9.17, 15) is 18.0 Å². The summed E-state index contributed by atoms with van der Waals surface area (Å²) in [5.74, 6) is 0.204. The second kappa shape index (κ2) is 12.6. The number of amides is 2. The molecule has 0 aliphatic heterocycles. The SMILES string of the molecule is CCNC(=O)C(C)N(Cc1cccc(OC)c1)C(=O)CCCN(c1cccc(C)c1C)S(C)(=O)=O. The van der Waals surface area contributed by atoms with Crippen LogP contribution in [0.25, 0.3) is 0 Å². The van der Waals surface area contributed by atoms with Gasteiger partial charge < -0.3 is 15.0 Å². The molecule has 0 bridgehead atoms. The Morgan fingerprint density at radius 2 is 1.80 bits per heavy atom. The molecule has 2 aromatic carbocycles. The van der Waals surface area contributed by atoms with Gasteiger partial charge in [-0.05, 0) is 69.0 Å². The molecule has 0 saturated carbocycles.